The van der Waals surface area contributed by atoms with Gasteiger partial charge in [0.2, 0.25) is 0 Å². The second-order valence-corrected chi connectivity index (χ2v) is 9.17. The molecule has 0 bridgehead atoms. The van der Waals surface area contributed by atoms with Crippen molar-refractivity contribution in [2.24, 2.45) is 0 Å². The lowest BCUT2D eigenvalue weighted by Crippen LogP contribution is -2.16. The molecule has 0 aliphatic carbocycles. The van der Waals surface area contributed by atoms with E-state index in [1.807, 2.05) is 0 Å². The summed E-state index contributed by atoms with van der Waals surface area (Å²) in [7, 11) is -4.03. The standard InChI is InChI=1S/C21H17Cl3N2O4S/c1-2-30-19-10-9-15(31(28,29)26-17-8-4-7-16(23)20(17)24)12-18(19)25-21(27)13-5-3-6-14(22)11-13/h3-12,26H,2H2,1H3,(H,25,27). The topological polar surface area (TPSA) is 84.5 Å². The van der Waals surface area contributed by atoms with E-state index in [0.717, 1.165) is 0 Å². The Morgan fingerprint density at radius 3 is 2.42 bits per heavy atom. The lowest BCUT2D eigenvalue weighted by atomic mass is 10.2. The molecule has 0 aliphatic heterocycles. The number of sulfonamides is 1. The number of carbonyl (C=O) groups excluding carboxylic acids is 1. The first kappa shape index (κ1) is 23.2. The van der Waals surface area contributed by atoms with Gasteiger partial charge in [-0.3, -0.25) is 9.52 Å². The highest BCUT2D eigenvalue weighted by Gasteiger charge is 2.20. The Kier molecular flexibility index (Phi) is 7.33. The number of halogens is 3. The van der Waals surface area contributed by atoms with Gasteiger partial charge in [-0.25, -0.2) is 8.42 Å². The van der Waals surface area contributed by atoms with Crippen LogP contribution in [0.4, 0.5) is 11.4 Å². The van der Waals surface area contributed by atoms with E-state index in [-0.39, 0.29) is 26.3 Å². The number of hydrogen-bond acceptors (Lipinski definition) is 4. The van der Waals surface area contributed by atoms with E-state index in [1.54, 1.807) is 37.3 Å². The summed E-state index contributed by atoms with van der Waals surface area (Å²) in [6.07, 6.45) is 0. The fourth-order valence-electron chi connectivity index (χ4n) is 2.67. The van der Waals surface area contributed by atoms with E-state index in [4.69, 9.17) is 39.5 Å². The van der Waals surface area contributed by atoms with Crippen LogP contribution in [0.1, 0.15) is 17.3 Å². The largest absolute Gasteiger partial charge is 0.492 e. The molecule has 0 saturated carbocycles. The van der Waals surface area contributed by atoms with E-state index >= 15 is 0 Å². The summed E-state index contributed by atoms with van der Waals surface area (Å²) in [4.78, 5) is 12.5. The molecule has 0 atom stereocenters. The minimum Gasteiger partial charge on any atom is -0.492 e. The quantitative estimate of drug-likeness (QED) is 0.411. The average Bonchev–Trinajstić information content (AvgIpc) is 2.72. The molecule has 10 heteroatoms. The zero-order valence-electron chi connectivity index (χ0n) is 16.2. The molecule has 0 radical (unpaired) electrons. The number of nitrogens with one attached hydrogen (secondary N) is 2. The van der Waals surface area contributed by atoms with Gasteiger partial charge in [0, 0.05) is 10.6 Å². The van der Waals surface area contributed by atoms with Crippen LogP contribution in [0, 0.1) is 0 Å². The van der Waals surface area contributed by atoms with Gasteiger partial charge in [-0.2, -0.15) is 0 Å². The molecule has 0 fully saturated rings. The van der Waals surface area contributed by atoms with Crippen LogP contribution in [0.3, 0.4) is 0 Å². The molecule has 3 rings (SSSR count). The number of anilines is 2. The number of hydrogen-bond donors (Lipinski definition) is 2. The Hall–Kier alpha value is -2.45. The fraction of sp³-hybridized carbons (Fsp3) is 0.0952. The van der Waals surface area contributed by atoms with Crippen molar-refractivity contribution >= 4 is 62.1 Å². The van der Waals surface area contributed by atoms with Crippen LogP contribution in [-0.4, -0.2) is 20.9 Å². The predicted molar refractivity (Wildman–Crippen MR) is 124 cm³/mol. The molecule has 0 saturated heterocycles. The van der Waals surface area contributed by atoms with Gasteiger partial charge >= 0.3 is 0 Å². The first-order valence-electron chi connectivity index (χ1n) is 9.02. The number of amides is 1. The summed E-state index contributed by atoms with van der Waals surface area (Å²) in [5, 5.41) is 3.36. The highest BCUT2D eigenvalue weighted by Crippen LogP contribution is 2.33. The Morgan fingerprint density at radius 2 is 1.71 bits per heavy atom. The van der Waals surface area contributed by atoms with Gasteiger partial charge in [0.15, 0.2) is 0 Å². The maximum absolute atomic E-state index is 12.9. The van der Waals surface area contributed by atoms with Crippen molar-refractivity contribution in [3.8, 4) is 5.75 Å². The van der Waals surface area contributed by atoms with Crippen molar-refractivity contribution in [1.29, 1.82) is 0 Å². The third-order valence-corrected chi connectivity index (χ3v) is 6.51. The fourth-order valence-corrected chi connectivity index (χ4v) is 4.36. The zero-order valence-corrected chi connectivity index (χ0v) is 19.2. The third-order valence-electron chi connectivity index (χ3n) is 4.09. The van der Waals surface area contributed by atoms with Crippen LogP contribution < -0.4 is 14.8 Å². The van der Waals surface area contributed by atoms with E-state index < -0.39 is 15.9 Å². The van der Waals surface area contributed by atoms with Gasteiger partial charge < -0.3 is 10.1 Å². The summed E-state index contributed by atoms with van der Waals surface area (Å²) in [5.74, 6) is -0.151. The smallest absolute Gasteiger partial charge is 0.262 e. The van der Waals surface area contributed by atoms with Gasteiger partial charge in [-0.05, 0) is 55.5 Å². The number of ether oxygens (including phenoxy) is 1. The van der Waals surface area contributed by atoms with E-state index in [0.29, 0.717) is 22.9 Å². The maximum Gasteiger partial charge on any atom is 0.262 e. The highest BCUT2D eigenvalue weighted by molar-refractivity contribution is 7.92. The second-order valence-electron chi connectivity index (χ2n) is 6.26. The Morgan fingerprint density at radius 1 is 0.968 bits per heavy atom. The molecule has 3 aromatic carbocycles. The van der Waals surface area contributed by atoms with Crippen LogP contribution in [0.15, 0.2) is 65.6 Å². The second kappa shape index (κ2) is 9.78. The average molecular weight is 500 g/mol. The molecule has 6 nitrogen and oxygen atoms in total. The lowest BCUT2D eigenvalue weighted by Gasteiger charge is -2.15. The first-order chi connectivity index (χ1) is 14.7. The summed E-state index contributed by atoms with van der Waals surface area (Å²) in [6.45, 7) is 2.10. The van der Waals surface area contributed by atoms with Gasteiger partial charge in [-0.15, -0.1) is 0 Å². The minimum absolute atomic E-state index is 0.0770. The molecule has 0 heterocycles. The van der Waals surface area contributed by atoms with Crippen molar-refractivity contribution in [3.05, 3.63) is 81.3 Å². The lowest BCUT2D eigenvalue weighted by molar-refractivity contribution is 0.102. The van der Waals surface area contributed by atoms with Crippen molar-refractivity contribution in [2.75, 3.05) is 16.6 Å². The van der Waals surface area contributed by atoms with E-state index in [2.05, 4.69) is 10.0 Å². The van der Waals surface area contributed by atoms with E-state index in [9.17, 15) is 13.2 Å². The predicted octanol–water partition coefficient (Wildman–Crippen LogP) is 6.10. The van der Waals surface area contributed by atoms with Crippen LogP contribution in [0.25, 0.3) is 0 Å². The third kappa shape index (κ3) is 5.62. The summed E-state index contributed by atoms with van der Waals surface area (Å²) >= 11 is 18.0. The van der Waals surface area contributed by atoms with Gasteiger partial charge in [-0.1, -0.05) is 46.9 Å². The molecule has 0 aromatic heterocycles. The van der Waals surface area contributed by atoms with Crippen molar-refractivity contribution in [1.82, 2.24) is 0 Å². The van der Waals surface area contributed by atoms with Crippen LogP contribution in [0.5, 0.6) is 5.75 Å². The van der Waals surface area contributed by atoms with Crippen LogP contribution in [0.2, 0.25) is 15.1 Å². The van der Waals surface area contributed by atoms with Gasteiger partial charge in [0.1, 0.15) is 5.75 Å². The molecule has 162 valence electrons. The Labute approximate surface area is 195 Å². The SMILES string of the molecule is CCOc1ccc(S(=O)(=O)Nc2cccc(Cl)c2Cl)cc1NC(=O)c1cccc(Cl)c1. The molecule has 1 amide bonds. The highest BCUT2D eigenvalue weighted by atomic mass is 35.5. The zero-order chi connectivity index (χ0) is 22.6. The molecule has 2 N–H and O–H groups in total. The van der Waals surface area contributed by atoms with Crippen molar-refractivity contribution in [2.45, 2.75) is 11.8 Å². The molecule has 31 heavy (non-hydrogen) atoms. The summed E-state index contributed by atoms with van der Waals surface area (Å²) in [6, 6.07) is 15.1. The molecular weight excluding hydrogens is 483 g/mol. The van der Waals surface area contributed by atoms with Crippen LogP contribution >= 0.6 is 34.8 Å². The molecule has 0 unspecified atom stereocenters. The Bertz CT molecular complexity index is 1230. The minimum atomic E-state index is -4.03. The van der Waals surface area contributed by atoms with Crippen molar-refractivity contribution in [3.63, 3.8) is 0 Å². The number of carbonyl (C=O) groups is 1. The van der Waals surface area contributed by atoms with Crippen LogP contribution in [-0.2, 0) is 10.0 Å². The summed E-state index contributed by atoms with van der Waals surface area (Å²) in [5.41, 5.74) is 0.631. The van der Waals surface area contributed by atoms with Crippen molar-refractivity contribution < 1.29 is 17.9 Å². The van der Waals surface area contributed by atoms with Gasteiger partial charge in [0.25, 0.3) is 15.9 Å². The Balaban J connectivity index is 1.95. The van der Waals surface area contributed by atoms with Gasteiger partial charge in [0.05, 0.1) is 32.9 Å². The molecule has 0 spiro atoms. The molecule has 3 aromatic rings. The maximum atomic E-state index is 12.9. The normalized spacial score (nSPS) is 11.1. The number of rotatable bonds is 7. The summed E-state index contributed by atoms with van der Waals surface area (Å²) < 4.78 is 33.7. The monoisotopic (exact) mass is 498 g/mol. The molecule has 0 aliphatic rings. The van der Waals surface area contributed by atoms with E-state index in [1.165, 1.54) is 30.3 Å². The molecular formula is C21H17Cl3N2O4S. The first-order valence-corrected chi connectivity index (χ1v) is 11.6. The number of benzene rings is 3.